The van der Waals surface area contributed by atoms with Crippen LogP contribution in [0.4, 0.5) is 0 Å². The van der Waals surface area contributed by atoms with E-state index in [0.29, 0.717) is 23.7 Å². The van der Waals surface area contributed by atoms with E-state index in [1.807, 2.05) is 52.0 Å². The Balaban J connectivity index is 2.20. The third kappa shape index (κ3) is 7.06. The molecule has 30 heavy (non-hydrogen) atoms. The molecule has 0 bridgehead atoms. The van der Waals surface area contributed by atoms with Gasteiger partial charge in [-0.3, -0.25) is 9.59 Å². The fourth-order valence-corrected chi connectivity index (χ4v) is 3.22. The summed E-state index contributed by atoms with van der Waals surface area (Å²) in [4.78, 5) is 27.6. The number of aryl methyl sites for hydroxylation is 1. The van der Waals surface area contributed by atoms with Crippen LogP contribution in [0.2, 0.25) is 5.02 Å². The largest absolute Gasteiger partial charge is 0.484 e. The molecular weight excluding hydrogens is 400 g/mol. The van der Waals surface area contributed by atoms with E-state index in [1.54, 1.807) is 29.2 Å². The zero-order valence-corrected chi connectivity index (χ0v) is 18.9. The second kappa shape index (κ2) is 11.6. The number of ether oxygens (including phenoxy) is 1. The van der Waals surface area contributed by atoms with Crippen LogP contribution in [-0.2, 0) is 16.1 Å². The predicted molar refractivity (Wildman–Crippen MR) is 121 cm³/mol. The Morgan fingerprint density at radius 3 is 2.40 bits per heavy atom. The van der Waals surface area contributed by atoms with Crippen LogP contribution in [0, 0.1) is 6.92 Å². The highest BCUT2D eigenvalue weighted by Crippen LogP contribution is 2.18. The van der Waals surface area contributed by atoms with Gasteiger partial charge in [-0.15, -0.1) is 0 Å². The molecule has 2 aromatic carbocycles. The monoisotopic (exact) mass is 430 g/mol. The molecule has 6 heteroatoms. The SMILES string of the molecule is CC[C@H](C)NC(=O)[C@H](CC)N(Cc1ccc(C)cc1)C(=O)COc1cccc(Cl)c1. The minimum absolute atomic E-state index is 0.0468. The zero-order valence-electron chi connectivity index (χ0n) is 18.2. The number of halogens is 1. The van der Waals surface area contributed by atoms with Crippen molar-refractivity contribution in [1.82, 2.24) is 10.2 Å². The Morgan fingerprint density at radius 2 is 1.80 bits per heavy atom. The van der Waals surface area contributed by atoms with Crippen molar-refractivity contribution in [2.24, 2.45) is 0 Å². The topological polar surface area (TPSA) is 58.6 Å². The highest BCUT2D eigenvalue weighted by Gasteiger charge is 2.29. The number of benzene rings is 2. The van der Waals surface area contributed by atoms with Gasteiger partial charge in [0.15, 0.2) is 6.61 Å². The van der Waals surface area contributed by atoms with E-state index in [0.717, 1.165) is 17.5 Å². The van der Waals surface area contributed by atoms with Crippen LogP contribution in [0.5, 0.6) is 5.75 Å². The lowest BCUT2D eigenvalue weighted by Crippen LogP contribution is -2.51. The lowest BCUT2D eigenvalue weighted by atomic mass is 10.1. The molecule has 0 aliphatic rings. The lowest BCUT2D eigenvalue weighted by Gasteiger charge is -2.31. The minimum Gasteiger partial charge on any atom is -0.484 e. The molecule has 0 unspecified atom stereocenters. The van der Waals surface area contributed by atoms with Gasteiger partial charge in [-0.2, -0.15) is 0 Å². The maximum absolute atomic E-state index is 13.1. The van der Waals surface area contributed by atoms with Crippen LogP contribution < -0.4 is 10.1 Å². The van der Waals surface area contributed by atoms with Gasteiger partial charge in [0.05, 0.1) is 0 Å². The van der Waals surface area contributed by atoms with E-state index in [1.165, 1.54) is 0 Å². The van der Waals surface area contributed by atoms with Gasteiger partial charge in [0.25, 0.3) is 5.91 Å². The number of hydrogen-bond donors (Lipinski definition) is 1. The fourth-order valence-electron chi connectivity index (χ4n) is 3.04. The summed E-state index contributed by atoms with van der Waals surface area (Å²) >= 11 is 5.99. The van der Waals surface area contributed by atoms with Crippen molar-refractivity contribution in [2.45, 2.75) is 59.2 Å². The normalized spacial score (nSPS) is 12.7. The summed E-state index contributed by atoms with van der Waals surface area (Å²) < 4.78 is 5.66. The van der Waals surface area contributed by atoms with Gasteiger partial charge in [0.2, 0.25) is 5.91 Å². The molecule has 0 saturated heterocycles. The smallest absolute Gasteiger partial charge is 0.261 e. The molecule has 0 saturated carbocycles. The number of carbonyl (C=O) groups excluding carboxylic acids is 2. The summed E-state index contributed by atoms with van der Waals surface area (Å²) in [6.45, 7) is 8.07. The van der Waals surface area contributed by atoms with Gasteiger partial charge < -0.3 is 15.0 Å². The molecular formula is C24H31ClN2O3. The molecule has 0 radical (unpaired) electrons. The Morgan fingerprint density at radius 1 is 1.10 bits per heavy atom. The van der Waals surface area contributed by atoms with Crippen molar-refractivity contribution < 1.29 is 14.3 Å². The average molecular weight is 431 g/mol. The Labute approximate surface area is 184 Å². The molecule has 162 valence electrons. The first kappa shape index (κ1) is 23.7. The highest BCUT2D eigenvalue weighted by atomic mass is 35.5. The summed E-state index contributed by atoms with van der Waals surface area (Å²) in [5.74, 6) is 0.125. The van der Waals surface area contributed by atoms with Crippen LogP contribution in [0.15, 0.2) is 48.5 Å². The molecule has 5 nitrogen and oxygen atoms in total. The summed E-state index contributed by atoms with van der Waals surface area (Å²) in [5, 5.41) is 3.54. The lowest BCUT2D eigenvalue weighted by molar-refractivity contribution is -0.143. The van der Waals surface area contributed by atoms with E-state index in [9.17, 15) is 9.59 Å². The molecule has 0 fully saturated rings. The standard InChI is InChI=1S/C24H31ClN2O3/c1-5-18(4)26-24(29)22(6-2)27(15-19-12-10-17(3)11-13-19)23(28)16-30-21-9-7-8-20(25)14-21/h7-14,18,22H,5-6,15-16H2,1-4H3,(H,26,29)/t18-,22-/m0/s1. The van der Waals surface area contributed by atoms with Crippen LogP contribution >= 0.6 is 11.6 Å². The molecule has 0 aliphatic heterocycles. The summed E-state index contributed by atoms with van der Waals surface area (Å²) in [6, 6.07) is 14.3. The second-order valence-corrected chi connectivity index (χ2v) is 7.93. The molecule has 1 N–H and O–H groups in total. The van der Waals surface area contributed by atoms with Crippen LogP contribution in [0.1, 0.15) is 44.7 Å². The Bertz CT molecular complexity index is 839. The first-order valence-corrected chi connectivity index (χ1v) is 10.8. The zero-order chi connectivity index (χ0) is 22.1. The maximum Gasteiger partial charge on any atom is 0.261 e. The molecule has 2 aromatic rings. The minimum atomic E-state index is -0.573. The number of carbonyl (C=O) groups is 2. The molecule has 2 atom stereocenters. The van der Waals surface area contributed by atoms with E-state index in [-0.39, 0.29) is 24.5 Å². The van der Waals surface area contributed by atoms with Crippen molar-refractivity contribution in [2.75, 3.05) is 6.61 Å². The van der Waals surface area contributed by atoms with Gasteiger partial charge in [0.1, 0.15) is 11.8 Å². The molecule has 0 spiro atoms. The fraction of sp³-hybridized carbons (Fsp3) is 0.417. The predicted octanol–water partition coefficient (Wildman–Crippen LogP) is 4.75. The highest BCUT2D eigenvalue weighted by molar-refractivity contribution is 6.30. The summed E-state index contributed by atoms with van der Waals surface area (Å²) in [5.41, 5.74) is 2.11. The number of nitrogens with zero attached hydrogens (tertiary/aromatic N) is 1. The number of rotatable bonds is 10. The van der Waals surface area contributed by atoms with E-state index < -0.39 is 6.04 Å². The van der Waals surface area contributed by atoms with Gasteiger partial charge in [-0.05, 0) is 50.5 Å². The number of hydrogen-bond acceptors (Lipinski definition) is 3. The van der Waals surface area contributed by atoms with Crippen molar-refractivity contribution in [3.05, 3.63) is 64.7 Å². The number of nitrogens with one attached hydrogen (secondary N) is 1. The quantitative estimate of drug-likeness (QED) is 0.591. The van der Waals surface area contributed by atoms with Gasteiger partial charge in [-0.1, -0.05) is 61.3 Å². The Hall–Kier alpha value is -2.53. The molecule has 0 aliphatic carbocycles. The second-order valence-electron chi connectivity index (χ2n) is 7.50. The van der Waals surface area contributed by atoms with Crippen LogP contribution in [-0.4, -0.2) is 35.4 Å². The number of amides is 2. The molecule has 2 rings (SSSR count). The molecule has 2 amide bonds. The summed E-state index contributed by atoms with van der Waals surface area (Å²) in [6.07, 6.45) is 1.34. The first-order chi connectivity index (χ1) is 14.3. The third-order valence-corrected chi connectivity index (χ3v) is 5.25. The van der Waals surface area contributed by atoms with E-state index in [2.05, 4.69) is 5.32 Å². The Kier molecular flexibility index (Phi) is 9.18. The van der Waals surface area contributed by atoms with Gasteiger partial charge in [-0.25, -0.2) is 0 Å². The van der Waals surface area contributed by atoms with Gasteiger partial charge >= 0.3 is 0 Å². The van der Waals surface area contributed by atoms with E-state index in [4.69, 9.17) is 16.3 Å². The summed E-state index contributed by atoms with van der Waals surface area (Å²) in [7, 11) is 0. The molecule has 0 aromatic heterocycles. The van der Waals surface area contributed by atoms with Gasteiger partial charge in [0, 0.05) is 17.6 Å². The maximum atomic E-state index is 13.1. The molecule has 0 heterocycles. The van der Waals surface area contributed by atoms with E-state index >= 15 is 0 Å². The van der Waals surface area contributed by atoms with Crippen molar-refractivity contribution >= 4 is 23.4 Å². The van der Waals surface area contributed by atoms with Crippen molar-refractivity contribution in [3.63, 3.8) is 0 Å². The van der Waals surface area contributed by atoms with Crippen LogP contribution in [0.25, 0.3) is 0 Å². The van der Waals surface area contributed by atoms with Crippen molar-refractivity contribution in [3.8, 4) is 5.75 Å². The average Bonchev–Trinajstić information content (AvgIpc) is 2.73. The first-order valence-electron chi connectivity index (χ1n) is 10.4. The third-order valence-electron chi connectivity index (χ3n) is 5.02. The van der Waals surface area contributed by atoms with Crippen LogP contribution in [0.3, 0.4) is 0 Å². The van der Waals surface area contributed by atoms with Crippen molar-refractivity contribution in [1.29, 1.82) is 0 Å².